The molecule has 18 heavy (non-hydrogen) atoms. The molecular weight excluding hydrogens is 228 g/mol. The predicted molar refractivity (Wildman–Crippen MR) is 70.1 cm³/mol. The average molecular weight is 246 g/mol. The van der Waals surface area contributed by atoms with E-state index in [9.17, 15) is 4.79 Å². The molecule has 2 N–H and O–H groups in total. The van der Waals surface area contributed by atoms with Gasteiger partial charge in [0.25, 0.3) is 0 Å². The molecule has 0 aliphatic rings. The second-order valence-electron chi connectivity index (χ2n) is 4.27. The van der Waals surface area contributed by atoms with Crippen molar-refractivity contribution in [1.82, 2.24) is 20.3 Å². The van der Waals surface area contributed by atoms with Crippen molar-refractivity contribution in [2.24, 2.45) is 0 Å². The first-order valence-corrected chi connectivity index (χ1v) is 6.35. The lowest BCUT2D eigenvalue weighted by Crippen LogP contribution is -2.24. The molecule has 0 atom stereocenters. The van der Waals surface area contributed by atoms with Crippen LogP contribution in [0.15, 0.2) is 18.6 Å². The number of H-pyrrole nitrogens is 1. The Bertz CT molecular complexity index is 520. The van der Waals surface area contributed by atoms with Gasteiger partial charge in [-0.25, -0.2) is 4.98 Å². The molecule has 0 bridgehead atoms. The van der Waals surface area contributed by atoms with Crippen LogP contribution in [0.25, 0.3) is 11.2 Å². The molecule has 5 nitrogen and oxygen atoms in total. The molecule has 0 saturated heterocycles. The number of aromatic nitrogens is 3. The third-order valence-electron chi connectivity index (χ3n) is 2.81. The molecule has 0 aliphatic heterocycles. The average Bonchev–Trinajstić information content (AvgIpc) is 2.78. The summed E-state index contributed by atoms with van der Waals surface area (Å²) in [4.78, 5) is 22.9. The molecule has 2 aromatic rings. The van der Waals surface area contributed by atoms with Gasteiger partial charge in [0.2, 0.25) is 5.91 Å². The molecule has 1 amide bonds. The smallest absolute Gasteiger partial charge is 0.219 e. The Morgan fingerprint density at radius 1 is 1.39 bits per heavy atom. The van der Waals surface area contributed by atoms with E-state index in [0.717, 1.165) is 36.0 Å². The third kappa shape index (κ3) is 3.06. The molecule has 0 spiro atoms. The fraction of sp³-hybridized carbons (Fsp3) is 0.462. The van der Waals surface area contributed by atoms with Gasteiger partial charge in [-0.2, -0.15) is 0 Å². The van der Waals surface area contributed by atoms with Gasteiger partial charge >= 0.3 is 0 Å². The maximum atomic E-state index is 11.3. The predicted octanol–water partition coefficient (Wildman–Crippen LogP) is 1.81. The molecule has 0 aromatic carbocycles. The van der Waals surface area contributed by atoms with Crippen molar-refractivity contribution in [2.75, 3.05) is 6.54 Å². The van der Waals surface area contributed by atoms with Crippen LogP contribution in [0, 0.1) is 0 Å². The number of hydrogen-bond donors (Lipinski definition) is 2. The minimum absolute atomic E-state index is 0.135. The van der Waals surface area contributed by atoms with Crippen LogP contribution in [0.1, 0.15) is 31.7 Å². The van der Waals surface area contributed by atoms with Crippen molar-refractivity contribution in [3.8, 4) is 0 Å². The van der Waals surface area contributed by atoms with E-state index in [-0.39, 0.29) is 5.91 Å². The first-order chi connectivity index (χ1) is 8.81. The minimum Gasteiger partial charge on any atom is -0.356 e. The lowest BCUT2D eigenvalue weighted by atomic mass is 10.1. The van der Waals surface area contributed by atoms with Crippen LogP contribution in [-0.2, 0) is 11.2 Å². The van der Waals surface area contributed by atoms with Gasteiger partial charge in [-0.05, 0) is 24.8 Å². The SMILES string of the molecule is CCCC(=O)NCCCc1c[nH]c2nccnc12. The quantitative estimate of drug-likeness (QED) is 0.764. The highest BCUT2D eigenvalue weighted by atomic mass is 16.1. The molecule has 0 fully saturated rings. The maximum Gasteiger partial charge on any atom is 0.219 e. The molecule has 0 aliphatic carbocycles. The molecule has 2 aromatic heterocycles. The summed E-state index contributed by atoms with van der Waals surface area (Å²) in [6, 6.07) is 0. The van der Waals surface area contributed by atoms with Crippen LogP contribution in [0.5, 0.6) is 0 Å². The van der Waals surface area contributed by atoms with E-state index in [1.165, 1.54) is 0 Å². The summed E-state index contributed by atoms with van der Waals surface area (Å²) in [5.41, 5.74) is 2.91. The van der Waals surface area contributed by atoms with Gasteiger partial charge in [-0.15, -0.1) is 0 Å². The number of carbonyl (C=O) groups excluding carboxylic acids is 1. The van der Waals surface area contributed by atoms with Crippen molar-refractivity contribution in [2.45, 2.75) is 32.6 Å². The Labute approximate surface area is 106 Å². The molecule has 2 heterocycles. The fourth-order valence-electron chi connectivity index (χ4n) is 1.92. The second-order valence-corrected chi connectivity index (χ2v) is 4.27. The number of aryl methyl sites for hydroxylation is 1. The van der Waals surface area contributed by atoms with Crippen LogP contribution in [-0.4, -0.2) is 27.4 Å². The molecule has 2 rings (SSSR count). The van der Waals surface area contributed by atoms with Gasteiger partial charge in [0.05, 0.1) is 0 Å². The van der Waals surface area contributed by atoms with E-state index in [2.05, 4.69) is 20.3 Å². The van der Waals surface area contributed by atoms with Crippen molar-refractivity contribution < 1.29 is 4.79 Å². The zero-order chi connectivity index (χ0) is 12.8. The van der Waals surface area contributed by atoms with Crippen molar-refractivity contribution >= 4 is 17.1 Å². The van der Waals surface area contributed by atoms with Crippen LogP contribution in [0.2, 0.25) is 0 Å². The Morgan fingerprint density at radius 2 is 2.22 bits per heavy atom. The Morgan fingerprint density at radius 3 is 3.06 bits per heavy atom. The van der Waals surface area contributed by atoms with E-state index >= 15 is 0 Å². The summed E-state index contributed by atoms with van der Waals surface area (Å²) >= 11 is 0. The number of nitrogens with zero attached hydrogens (tertiary/aromatic N) is 2. The standard InChI is InChI=1S/C13H18N4O/c1-2-4-11(18)14-6-3-5-10-9-17-13-12(10)15-7-8-16-13/h7-9H,2-6H2,1H3,(H,14,18)(H,16,17). The number of fused-ring (bicyclic) bond motifs is 1. The van der Waals surface area contributed by atoms with E-state index < -0.39 is 0 Å². The number of carbonyl (C=O) groups is 1. The Kier molecular flexibility index (Phi) is 4.28. The zero-order valence-electron chi connectivity index (χ0n) is 10.6. The molecule has 0 saturated carbocycles. The highest BCUT2D eigenvalue weighted by Gasteiger charge is 2.05. The van der Waals surface area contributed by atoms with Crippen molar-refractivity contribution in [3.63, 3.8) is 0 Å². The second kappa shape index (κ2) is 6.14. The van der Waals surface area contributed by atoms with E-state index in [4.69, 9.17) is 0 Å². The summed E-state index contributed by atoms with van der Waals surface area (Å²) in [6.07, 6.45) is 8.63. The highest BCUT2D eigenvalue weighted by molar-refractivity contribution is 5.76. The Hall–Kier alpha value is -1.91. The molecule has 0 unspecified atom stereocenters. The van der Waals surface area contributed by atoms with Crippen LogP contribution >= 0.6 is 0 Å². The number of aromatic amines is 1. The molecule has 0 radical (unpaired) electrons. The Balaban J connectivity index is 1.82. The number of hydrogen-bond acceptors (Lipinski definition) is 3. The van der Waals surface area contributed by atoms with Gasteiger partial charge in [0.15, 0.2) is 5.65 Å². The van der Waals surface area contributed by atoms with Gasteiger partial charge < -0.3 is 10.3 Å². The van der Waals surface area contributed by atoms with Gasteiger partial charge in [0.1, 0.15) is 5.52 Å². The van der Waals surface area contributed by atoms with E-state index in [1.54, 1.807) is 12.4 Å². The maximum absolute atomic E-state index is 11.3. The topological polar surface area (TPSA) is 70.7 Å². The number of rotatable bonds is 6. The van der Waals surface area contributed by atoms with Crippen LogP contribution in [0.4, 0.5) is 0 Å². The van der Waals surface area contributed by atoms with Gasteiger partial charge in [0, 0.05) is 31.6 Å². The summed E-state index contributed by atoms with van der Waals surface area (Å²) in [5.74, 6) is 0.135. The lowest BCUT2D eigenvalue weighted by Gasteiger charge is -2.03. The summed E-state index contributed by atoms with van der Waals surface area (Å²) in [6.45, 7) is 2.72. The monoisotopic (exact) mass is 246 g/mol. The van der Waals surface area contributed by atoms with Crippen molar-refractivity contribution in [3.05, 3.63) is 24.2 Å². The minimum atomic E-state index is 0.135. The lowest BCUT2D eigenvalue weighted by molar-refractivity contribution is -0.121. The zero-order valence-corrected chi connectivity index (χ0v) is 10.6. The largest absolute Gasteiger partial charge is 0.356 e. The number of amides is 1. The summed E-state index contributed by atoms with van der Waals surface area (Å²) in [7, 11) is 0. The first-order valence-electron chi connectivity index (χ1n) is 6.35. The third-order valence-corrected chi connectivity index (χ3v) is 2.81. The summed E-state index contributed by atoms with van der Waals surface area (Å²) in [5, 5.41) is 2.91. The van der Waals surface area contributed by atoms with Crippen LogP contribution < -0.4 is 5.32 Å². The molecular formula is C13H18N4O. The molecule has 96 valence electrons. The fourth-order valence-corrected chi connectivity index (χ4v) is 1.92. The molecule has 5 heteroatoms. The highest BCUT2D eigenvalue weighted by Crippen LogP contribution is 2.14. The normalized spacial score (nSPS) is 10.7. The van der Waals surface area contributed by atoms with Crippen molar-refractivity contribution in [1.29, 1.82) is 0 Å². The van der Waals surface area contributed by atoms with E-state index in [1.807, 2.05) is 13.1 Å². The van der Waals surface area contributed by atoms with E-state index in [0.29, 0.717) is 13.0 Å². The number of nitrogens with one attached hydrogen (secondary N) is 2. The summed E-state index contributed by atoms with van der Waals surface area (Å²) < 4.78 is 0. The van der Waals surface area contributed by atoms with Gasteiger partial charge in [-0.1, -0.05) is 6.92 Å². The van der Waals surface area contributed by atoms with Gasteiger partial charge in [-0.3, -0.25) is 9.78 Å². The van der Waals surface area contributed by atoms with Crippen LogP contribution in [0.3, 0.4) is 0 Å². The first kappa shape index (κ1) is 12.5.